The van der Waals surface area contributed by atoms with Crippen molar-refractivity contribution in [2.24, 2.45) is 5.10 Å². The number of carbonyl (C=O) groups excluding carboxylic acids is 1. The maximum Gasteiger partial charge on any atom is 0.271 e. The third kappa shape index (κ3) is 4.04. The average Bonchev–Trinajstić information content (AvgIpc) is 3.06. The van der Waals surface area contributed by atoms with Crippen LogP contribution in [0.15, 0.2) is 53.8 Å². The number of hydrogen-bond donors (Lipinski definition) is 2. The van der Waals surface area contributed by atoms with Crippen molar-refractivity contribution in [2.75, 3.05) is 0 Å². The molecular formula is C17H11Cl2FN4O. The van der Waals surface area contributed by atoms with E-state index in [0.29, 0.717) is 21.8 Å². The Morgan fingerprint density at radius 1 is 1.16 bits per heavy atom. The van der Waals surface area contributed by atoms with Crippen molar-refractivity contribution in [3.05, 3.63) is 75.7 Å². The predicted octanol–water partition coefficient (Wildman–Crippen LogP) is 4.29. The Morgan fingerprint density at radius 2 is 1.92 bits per heavy atom. The SMILES string of the molecule is O=C(N/N=C/c1cn[nH]c1-c1ccc(F)cc1)c1ccc(Cl)c(Cl)c1. The molecule has 25 heavy (non-hydrogen) atoms. The Balaban J connectivity index is 1.73. The largest absolute Gasteiger partial charge is 0.277 e. The van der Waals surface area contributed by atoms with Gasteiger partial charge in [-0.3, -0.25) is 9.89 Å². The molecule has 3 aromatic rings. The molecule has 0 fully saturated rings. The van der Waals surface area contributed by atoms with Gasteiger partial charge in [-0.1, -0.05) is 23.2 Å². The molecule has 126 valence electrons. The second-order valence-electron chi connectivity index (χ2n) is 5.04. The molecule has 8 heteroatoms. The smallest absolute Gasteiger partial charge is 0.271 e. The Hall–Kier alpha value is -2.70. The molecule has 2 aromatic carbocycles. The van der Waals surface area contributed by atoms with Gasteiger partial charge >= 0.3 is 0 Å². The van der Waals surface area contributed by atoms with E-state index >= 15 is 0 Å². The summed E-state index contributed by atoms with van der Waals surface area (Å²) in [6, 6.07) is 10.5. The number of hydrogen-bond acceptors (Lipinski definition) is 3. The van der Waals surface area contributed by atoms with Crippen LogP contribution in [0.25, 0.3) is 11.3 Å². The molecule has 0 radical (unpaired) electrons. The van der Waals surface area contributed by atoms with Crippen LogP contribution < -0.4 is 5.43 Å². The number of hydrazone groups is 1. The summed E-state index contributed by atoms with van der Waals surface area (Å²) in [4.78, 5) is 12.0. The van der Waals surface area contributed by atoms with E-state index in [1.165, 1.54) is 30.5 Å². The lowest BCUT2D eigenvalue weighted by Gasteiger charge is -2.02. The van der Waals surface area contributed by atoms with Gasteiger partial charge in [0, 0.05) is 16.7 Å². The molecule has 1 aromatic heterocycles. The van der Waals surface area contributed by atoms with E-state index in [-0.39, 0.29) is 10.8 Å². The Labute approximate surface area is 152 Å². The number of H-pyrrole nitrogens is 1. The summed E-state index contributed by atoms with van der Waals surface area (Å²) in [5.41, 5.74) is 4.78. The van der Waals surface area contributed by atoms with Crippen LogP contribution >= 0.6 is 23.2 Å². The van der Waals surface area contributed by atoms with Gasteiger partial charge in [-0.2, -0.15) is 10.2 Å². The normalized spacial score (nSPS) is 11.0. The lowest BCUT2D eigenvalue weighted by atomic mass is 10.1. The topological polar surface area (TPSA) is 70.1 Å². The van der Waals surface area contributed by atoms with Crippen LogP contribution in [0.4, 0.5) is 4.39 Å². The van der Waals surface area contributed by atoms with Crippen molar-refractivity contribution < 1.29 is 9.18 Å². The van der Waals surface area contributed by atoms with E-state index < -0.39 is 5.91 Å². The first-order chi connectivity index (χ1) is 12.0. The molecule has 0 aliphatic rings. The van der Waals surface area contributed by atoms with Crippen LogP contribution in [0.1, 0.15) is 15.9 Å². The molecule has 2 N–H and O–H groups in total. The molecule has 1 amide bonds. The number of nitrogens with zero attached hydrogens (tertiary/aromatic N) is 2. The fraction of sp³-hybridized carbons (Fsp3) is 0. The van der Waals surface area contributed by atoms with E-state index in [9.17, 15) is 9.18 Å². The van der Waals surface area contributed by atoms with Crippen molar-refractivity contribution in [1.29, 1.82) is 0 Å². The highest BCUT2D eigenvalue weighted by atomic mass is 35.5. The van der Waals surface area contributed by atoms with Crippen LogP contribution in [0.2, 0.25) is 10.0 Å². The highest BCUT2D eigenvalue weighted by molar-refractivity contribution is 6.42. The van der Waals surface area contributed by atoms with E-state index in [1.807, 2.05) is 0 Å². The van der Waals surface area contributed by atoms with Gasteiger partial charge in [0.1, 0.15) is 5.82 Å². The molecule has 0 spiro atoms. The third-order valence-corrected chi connectivity index (χ3v) is 4.09. The van der Waals surface area contributed by atoms with E-state index in [4.69, 9.17) is 23.2 Å². The number of aromatic nitrogens is 2. The van der Waals surface area contributed by atoms with Crippen LogP contribution in [-0.2, 0) is 0 Å². The summed E-state index contributed by atoms with van der Waals surface area (Å²) in [6.07, 6.45) is 2.99. The minimum atomic E-state index is -0.429. The second kappa shape index (κ2) is 7.46. The summed E-state index contributed by atoms with van der Waals surface area (Å²) in [7, 11) is 0. The van der Waals surface area contributed by atoms with Crippen LogP contribution in [0, 0.1) is 5.82 Å². The zero-order valence-electron chi connectivity index (χ0n) is 12.6. The van der Waals surface area contributed by atoms with Crippen molar-refractivity contribution in [2.45, 2.75) is 0 Å². The van der Waals surface area contributed by atoms with Gasteiger partial charge in [0.05, 0.1) is 28.2 Å². The maximum atomic E-state index is 13.0. The van der Waals surface area contributed by atoms with Gasteiger partial charge in [-0.15, -0.1) is 0 Å². The molecule has 0 saturated carbocycles. The number of benzene rings is 2. The van der Waals surface area contributed by atoms with Crippen LogP contribution in [-0.4, -0.2) is 22.3 Å². The quantitative estimate of drug-likeness (QED) is 0.526. The van der Waals surface area contributed by atoms with E-state index in [0.717, 1.165) is 5.56 Å². The van der Waals surface area contributed by atoms with Gasteiger partial charge in [-0.05, 0) is 42.5 Å². The molecule has 0 bridgehead atoms. The lowest BCUT2D eigenvalue weighted by Crippen LogP contribution is -2.17. The minimum Gasteiger partial charge on any atom is -0.277 e. The van der Waals surface area contributed by atoms with Crippen LogP contribution in [0.3, 0.4) is 0 Å². The highest BCUT2D eigenvalue weighted by Gasteiger charge is 2.08. The van der Waals surface area contributed by atoms with Crippen molar-refractivity contribution >= 4 is 35.3 Å². The average molecular weight is 377 g/mol. The summed E-state index contributed by atoms with van der Waals surface area (Å²) in [6.45, 7) is 0. The first-order valence-corrected chi connectivity index (χ1v) is 7.88. The monoisotopic (exact) mass is 376 g/mol. The molecule has 0 unspecified atom stereocenters. The minimum absolute atomic E-state index is 0.284. The van der Waals surface area contributed by atoms with Gasteiger partial charge < -0.3 is 0 Å². The molecule has 0 saturated heterocycles. The van der Waals surface area contributed by atoms with Gasteiger partial charge in [-0.25, -0.2) is 9.82 Å². The molecule has 0 atom stereocenters. The highest BCUT2D eigenvalue weighted by Crippen LogP contribution is 2.22. The molecule has 3 rings (SSSR count). The van der Waals surface area contributed by atoms with Crippen molar-refractivity contribution in [3.8, 4) is 11.3 Å². The molecule has 0 aliphatic heterocycles. The molecular weight excluding hydrogens is 366 g/mol. The Bertz CT molecular complexity index is 938. The number of rotatable bonds is 4. The maximum absolute atomic E-state index is 13.0. The number of halogens is 3. The van der Waals surface area contributed by atoms with Gasteiger partial charge in [0.25, 0.3) is 5.91 Å². The van der Waals surface area contributed by atoms with Crippen molar-refractivity contribution in [3.63, 3.8) is 0 Å². The lowest BCUT2D eigenvalue weighted by molar-refractivity contribution is 0.0955. The van der Waals surface area contributed by atoms with Crippen LogP contribution in [0.5, 0.6) is 0 Å². The summed E-state index contributed by atoms with van der Waals surface area (Å²) < 4.78 is 13.0. The van der Waals surface area contributed by atoms with Gasteiger partial charge in [0.2, 0.25) is 0 Å². The Kier molecular flexibility index (Phi) is 5.11. The molecule has 0 aliphatic carbocycles. The Morgan fingerprint density at radius 3 is 2.64 bits per heavy atom. The van der Waals surface area contributed by atoms with Gasteiger partial charge in [0.15, 0.2) is 0 Å². The predicted molar refractivity (Wildman–Crippen MR) is 95.5 cm³/mol. The van der Waals surface area contributed by atoms with E-state index in [1.54, 1.807) is 24.4 Å². The fourth-order valence-corrected chi connectivity index (χ4v) is 2.40. The number of amides is 1. The fourth-order valence-electron chi connectivity index (χ4n) is 2.10. The standard InChI is InChI=1S/C17H11Cl2FN4O/c18-14-6-3-11(7-15(14)19)17(25)24-22-9-12-8-21-23-16(12)10-1-4-13(20)5-2-10/h1-9H,(H,21,23)(H,24,25)/b22-9+. The summed E-state index contributed by atoms with van der Waals surface area (Å²) in [5.74, 6) is -0.756. The number of nitrogens with one attached hydrogen (secondary N) is 2. The number of carbonyl (C=O) groups is 1. The zero-order chi connectivity index (χ0) is 17.8. The molecule has 5 nitrogen and oxygen atoms in total. The van der Waals surface area contributed by atoms with E-state index in [2.05, 4.69) is 20.7 Å². The number of aromatic amines is 1. The first-order valence-electron chi connectivity index (χ1n) is 7.12. The summed E-state index contributed by atoms with van der Waals surface area (Å²) in [5, 5.41) is 11.3. The third-order valence-electron chi connectivity index (χ3n) is 3.35. The first kappa shape index (κ1) is 17.1. The summed E-state index contributed by atoms with van der Waals surface area (Å²) >= 11 is 11.7. The molecule has 1 heterocycles. The zero-order valence-corrected chi connectivity index (χ0v) is 14.1. The van der Waals surface area contributed by atoms with Crippen molar-refractivity contribution in [1.82, 2.24) is 15.6 Å². The second-order valence-corrected chi connectivity index (χ2v) is 5.85.